The van der Waals surface area contributed by atoms with Crippen LogP contribution in [0.1, 0.15) is 49.5 Å². The van der Waals surface area contributed by atoms with Crippen molar-refractivity contribution in [3.63, 3.8) is 0 Å². The molecule has 1 fully saturated rings. The number of carbonyl (C=O) groups excluding carboxylic acids is 2. The number of piperidine rings is 1. The molecule has 8 heteroatoms. The summed E-state index contributed by atoms with van der Waals surface area (Å²) in [4.78, 5) is 26.5. The van der Waals surface area contributed by atoms with Crippen molar-refractivity contribution in [1.82, 2.24) is 15.5 Å². The summed E-state index contributed by atoms with van der Waals surface area (Å²) in [6.07, 6.45) is -3.47. The molecule has 0 spiro atoms. The molecule has 1 aliphatic heterocycles. The fourth-order valence-electron chi connectivity index (χ4n) is 3.40. The molecule has 0 unspecified atom stereocenters. The Morgan fingerprint density at radius 2 is 1.77 bits per heavy atom. The van der Waals surface area contributed by atoms with Gasteiger partial charge in [-0.3, -0.25) is 9.59 Å². The Morgan fingerprint density at radius 1 is 1.10 bits per heavy atom. The average molecular weight is 428 g/mol. The summed E-state index contributed by atoms with van der Waals surface area (Å²) >= 11 is 0. The smallest absolute Gasteiger partial charge is 0.354 e. The molecule has 0 aliphatic carbocycles. The van der Waals surface area contributed by atoms with Gasteiger partial charge in [-0.05, 0) is 49.5 Å². The van der Waals surface area contributed by atoms with E-state index in [1.54, 1.807) is 0 Å². The van der Waals surface area contributed by atoms with Crippen molar-refractivity contribution < 1.29 is 22.8 Å². The number of nitrogens with zero attached hydrogens (tertiary/aromatic N) is 1. The van der Waals surface area contributed by atoms with Crippen LogP contribution in [0.2, 0.25) is 0 Å². The molecule has 0 saturated carbocycles. The van der Waals surface area contributed by atoms with E-state index in [-0.39, 0.29) is 22.9 Å². The first-order valence-corrected chi connectivity index (χ1v) is 10.4. The van der Waals surface area contributed by atoms with Gasteiger partial charge in [0.1, 0.15) is 0 Å². The van der Waals surface area contributed by atoms with Crippen molar-refractivity contribution in [2.45, 2.75) is 46.2 Å². The molecule has 2 N–H and O–H groups in total. The zero-order chi connectivity index (χ0) is 22.4. The fourth-order valence-corrected chi connectivity index (χ4v) is 3.40. The number of rotatable bonds is 7. The molecule has 1 aromatic rings. The predicted molar refractivity (Wildman–Crippen MR) is 110 cm³/mol. The molecule has 0 bridgehead atoms. The molecule has 2 amide bonds. The molecule has 1 saturated heterocycles. The molecule has 0 atom stereocenters. The second kappa shape index (κ2) is 10.3. The molecule has 5 nitrogen and oxygen atoms in total. The van der Waals surface area contributed by atoms with Crippen molar-refractivity contribution in [2.24, 2.45) is 11.3 Å². The molecule has 168 valence electrons. The highest BCUT2D eigenvalue weighted by Gasteiger charge is 2.28. The first-order chi connectivity index (χ1) is 13.9. The number of likely N-dealkylation sites (tertiary alicyclic amines) is 1. The third-order valence-corrected chi connectivity index (χ3v) is 5.25. The standard InChI is InChI=1S/C22H32F3N3O2/c1-21(2,3)20(30)26-9-12-28-10-7-16(8-11-28)15-27-19(29)18-6-4-5-17(13-18)14-22(23,24)25/h4-6,13,16H,7-12,14-15H2,1-3H3,(H,26,30)(H,27,29). The minimum Gasteiger partial charge on any atom is -0.354 e. The number of nitrogens with one attached hydrogen (secondary N) is 2. The third-order valence-electron chi connectivity index (χ3n) is 5.25. The first-order valence-electron chi connectivity index (χ1n) is 10.4. The van der Waals surface area contributed by atoms with Gasteiger partial charge in [-0.2, -0.15) is 13.2 Å². The topological polar surface area (TPSA) is 61.4 Å². The normalized spacial score (nSPS) is 16.3. The number of amides is 2. The van der Waals surface area contributed by atoms with Crippen LogP contribution in [-0.2, 0) is 11.2 Å². The summed E-state index contributed by atoms with van der Waals surface area (Å²) in [5, 5.41) is 5.80. The van der Waals surface area contributed by atoms with E-state index in [1.165, 1.54) is 24.3 Å². The monoisotopic (exact) mass is 427 g/mol. The Bertz CT molecular complexity index is 721. The van der Waals surface area contributed by atoms with Gasteiger partial charge in [0.05, 0.1) is 6.42 Å². The SMILES string of the molecule is CC(C)(C)C(=O)NCCN1CCC(CNC(=O)c2cccc(CC(F)(F)F)c2)CC1. The van der Waals surface area contributed by atoms with Gasteiger partial charge in [-0.25, -0.2) is 0 Å². The maximum atomic E-state index is 12.5. The number of alkyl halides is 3. The van der Waals surface area contributed by atoms with Crippen molar-refractivity contribution >= 4 is 11.8 Å². The molecule has 2 rings (SSSR count). The summed E-state index contributed by atoms with van der Waals surface area (Å²) in [5.74, 6) is 0.0403. The van der Waals surface area contributed by atoms with Gasteiger partial charge in [0, 0.05) is 30.6 Å². The highest BCUT2D eigenvalue weighted by atomic mass is 19.4. The van der Waals surface area contributed by atoms with Crippen LogP contribution in [0.5, 0.6) is 0 Å². The van der Waals surface area contributed by atoms with Gasteiger partial charge in [-0.1, -0.05) is 32.9 Å². The van der Waals surface area contributed by atoms with Crippen LogP contribution in [0.25, 0.3) is 0 Å². The van der Waals surface area contributed by atoms with Crippen LogP contribution in [-0.4, -0.2) is 55.6 Å². The van der Waals surface area contributed by atoms with Gasteiger partial charge in [0.15, 0.2) is 0 Å². The average Bonchev–Trinajstić information content (AvgIpc) is 2.65. The Morgan fingerprint density at radius 3 is 2.37 bits per heavy atom. The molecule has 0 aromatic heterocycles. The summed E-state index contributed by atoms with van der Waals surface area (Å²) in [7, 11) is 0. The van der Waals surface area contributed by atoms with Gasteiger partial charge in [0.2, 0.25) is 5.91 Å². The van der Waals surface area contributed by atoms with Crippen molar-refractivity contribution in [3.8, 4) is 0 Å². The summed E-state index contributed by atoms with van der Waals surface area (Å²) < 4.78 is 37.6. The fraction of sp³-hybridized carbons (Fsp3) is 0.636. The zero-order valence-electron chi connectivity index (χ0n) is 17.9. The van der Waals surface area contributed by atoms with Crippen molar-refractivity contribution in [1.29, 1.82) is 0 Å². The van der Waals surface area contributed by atoms with E-state index in [9.17, 15) is 22.8 Å². The lowest BCUT2D eigenvalue weighted by molar-refractivity contribution is -0.128. The highest BCUT2D eigenvalue weighted by molar-refractivity contribution is 5.94. The number of benzene rings is 1. The maximum absolute atomic E-state index is 12.5. The Kier molecular flexibility index (Phi) is 8.29. The van der Waals surface area contributed by atoms with E-state index in [0.29, 0.717) is 19.0 Å². The van der Waals surface area contributed by atoms with Crippen LogP contribution >= 0.6 is 0 Å². The number of hydrogen-bond acceptors (Lipinski definition) is 3. The minimum atomic E-state index is -4.29. The quantitative estimate of drug-likeness (QED) is 0.701. The molecule has 30 heavy (non-hydrogen) atoms. The second-order valence-corrected chi connectivity index (χ2v) is 8.99. The molecule has 1 aromatic carbocycles. The Balaban J connectivity index is 1.70. The van der Waals surface area contributed by atoms with E-state index in [0.717, 1.165) is 32.5 Å². The Hall–Kier alpha value is -2.09. The van der Waals surface area contributed by atoms with Gasteiger partial charge < -0.3 is 15.5 Å². The lowest BCUT2D eigenvalue weighted by Crippen LogP contribution is -2.43. The molecule has 1 aliphatic rings. The van der Waals surface area contributed by atoms with Gasteiger partial charge >= 0.3 is 6.18 Å². The van der Waals surface area contributed by atoms with E-state index < -0.39 is 18.0 Å². The lowest BCUT2D eigenvalue weighted by Gasteiger charge is -2.32. The number of hydrogen-bond donors (Lipinski definition) is 2. The number of halogens is 3. The predicted octanol–water partition coefficient (Wildman–Crippen LogP) is 3.40. The maximum Gasteiger partial charge on any atom is 0.393 e. The highest BCUT2D eigenvalue weighted by Crippen LogP contribution is 2.22. The lowest BCUT2D eigenvalue weighted by atomic mass is 9.95. The zero-order valence-corrected chi connectivity index (χ0v) is 17.9. The largest absolute Gasteiger partial charge is 0.393 e. The van der Waals surface area contributed by atoms with Crippen molar-refractivity contribution in [3.05, 3.63) is 35.4 Å². The Labute approximate surface area is 176 Å². The van der Waals surface area contributed by atoms with Crippen LogP contribution < -0.4 is 10.6 Å². The number of carbonyl (C=O) groups is 2. The van der Waals surface area contributed by atoms with Crippen molar-refractivity contribution in [2.75, 3.05) is 32.7 Å². The minimum absolute atomic E-state index is 0.0411. The van der Waals surface area contributed by atoms with Crippen LogP contribution in [0, 0.1) is 11.3 Å². The first kappa shape index (κ1) is 24.2. The van der Waals surface area contributed by atoms with E-state index in [2.05, 4.69) is 15.5 Å². The summed E-state index contributed by atoms with van der Waals surface area (Å²) in [6, 6.07) is 5.69. The van der Waals surface area contributed by atoms with Crippen LogP contribution in [0.4, 0.5) is 13.2 Å². The van der Waals surface area contributed by atoms with Gasteiger partial charge in [0.25, 0.3) is 5.91 Å². The molecular weight excluding hydrogens is 395 g/mol. The molecule has 0 radical (unpaired) electrons. The van der Waals surface area contributed by atoms with Crippen LogP contribution in [0.15, 0.2) is 24.3 Å². The van der Waals surface area contributed by atoms with E-state index >= 15 is 0 Å². The van der Waals surface area contributed by atoms with E-state index in [4.69, 9.17) is 0 Å². The third kappa shape index (κ3) is 8.34. The second-order valence-electron chi connectivity index (χ2n) is 8.99. The van der Waals surface area contributed by atoms with Crippen LogP contribution in [0.3, 0.4) is 0 Å². The molecule has 1 heterocycles. The summed E-state index contributed by atoms with van der Waals surface area (Å²) in [6.45, 7) is 9.37. The van der Waals surface area contributed by atoms with E-state index in [1.807, 2.05) is 20.8 Å². The molecular formula is C22H32F3N3O2. The summed E-state index contributed by atoms with van der Waals surface area (Å²) in [5.41, 5.74) is -0.0527. The van der Waals surface area contributed by atoms with Gasteiger partial charge in [-0.15, -0.1) is 0 Å².